The largest absolute Gasteiger partial charge is 0.204 e. The fourth-order valence-electron chi connectivity index (χ4n) is 3.25. The lowest BCUT2D eigenvalue weighted by atomic mass is 9.91. The van der Waals surface area contributed by atoms with E-state index in [4.69, 9.17) is 0 Å². The van der Waals surface area contributed by atoms with Crippen LogP contribution in [0, 0.1) is 11.6 Å². The third-order valence-corrected chi connectivity index (χ3v) is 6.18. The van der Waals surface area contributed by atoms with Crippen LogP contribution < -0.4 is 0 Å². The average molecular weight is 395 g/mol. The molecule has 5 aromatic rings. The maximum atomic E-state index is 14.8. The van der Waals surface area contributed by atoms with Crippen molar-refractivity contribution in [3.63, 3.8) is 0 Å². The first-order valence-corrected chi connectivity index (χ1v) is 9.89. The van der Waals surface area contributed by atoms with Gasteiger partial charge in [-0.05, 0) is 35.0 Å². The van der Waals surface area contributed by atoms with Gasteiger partial charge in [0, 0.05) is 32.0 Å². The van der Waals surface area contributed by atoms with Crippen molar-refractivity contribution in [3.8, 4) is 32.0 Å². The summed E-state index contributed by atoms with van der Waals surface area (Å²) in [6.07, 6.45) is 0. The standard InChI is InChI=1S/C20H11F2N3S2/c21-13-5-1-4-11(19(13)22)18-17(16-7-3-9-27-16)12(15-6-2-8-26-15)10-14-20(18)24-25-23-14/h1-10H,(H,23,24,25). The van der Waals surface area contributed by atoms with Crippen LogP contribution in [-0.4, -0.2) is 15.4 Å². The lowest BCUT2D eigenvalue weighted by Gasteiger charge is -2.15. The molecular formula is C20H11F2N3S2. The summed E-state index contributed by atoms with van der Waals surface area (Å²) in [5.41, 5.74) is 3.60. The van der Waals surface area contributed by atoms with E-state index in [1.54, 1.807) is 28.7 Å². The smallest absolute Gasteiger partial charge is 0.166 e. The zero-order valence-corrected chi connectivity index (χ0v) is 15.4. The molecule has 0 fully saturated rings. The number of benzene rings is 2. The third kappa shape index (κ3) is 2.58. The van der Waals surface area contributed by atoms with Gasteiger partial charge in [-0.25, -0.2) is 8.78 Å². The zero-order chi connectivity index (χ0) is 18.4. The van der Waals surface area contributed by atoms with Gasteiger partial charge >= 0.3 is 0 Å². The van der Waals surface area contributed by atoms with Gasteiger partial charge in [-0.2, -0.15) is 15.4 Å². The van der Waals surface area contributed by atoms with Crippen LogP contribution in [0.2, 0.25) is 0 Å². The summed E-state index contributed by atoms with van der Waals surface area (Å²) in [5.74, 6) is -1.77. The molecule has 2 aromatic carbocycles. The van der Waals surface area contributed by atoms with Crippen LogP contribution in [0.4, 0.5) is 8.78 Å². The van der Waals surface area contributed by atoms with Crippen LogP contribution in [0.3, 0.4) is 0 Å². The number of rotatable bonds is 3. The molecular weight excluding hydrogens is 384 g/mol. The molecule has 0 saturated heterocycles. The minimum absolute atomic E-state index is 0.177. The van der Waals surface area contributed by atoms with E-state index in [9.17, 15) is 8.78 Å². The summed E-state index contributed by atoms with van der Waals surface area (Å²) in [6, 6.07) is 14.0. The van der Waals surface area contributed by atoms with Crippen molar-refractivity contribution in [3.05, 3.63) is 70.9 Å². The Morgan fingerprint density at radius 3 is 2.30 bits per heavy atom. The Bertz CT molecular complexity index is 1240. The predicted molar refractivity (Wildman–Crippen MR) is 106 cm³/mol. The van der Waals surface area contributed by atoms with Crippen LogP contribution in [0.1, 0.15) is 0 Å². The second kappa shape index (κ2) is 6.37. The first kappa shape index (κ1) is 16.3. The number of H-pyrrole nitrogens is 1. The van der Waals surface area contributed by atoms with E-state index in [0.29, 0.717) is 16.6 Å². The summed E-state index contributed by atoms with van der Waals surface area (Å²) in [6.45, 7) is 0. The lowest BCUT2D eigenvalue weighted by molar-refractivity contribution is 0.511. The van der Waals surface area contributed by atoms with Gasteiger partial charge in [0.2, 0.25) is 0 Å². The molecule has 0 radical (unpaired) electrons. The summed E-state index contributed by atoms with van der Waals surface area (Å²) < 4.78 is 28.8. The van der Waals surface area contributed by atoms with E-state index < -0.39 is 11.6 Å². The summed E-state index contributed by atoms with van der Waals surface area (Å²) >= 11 is 3.14. The molecule has 0 aliphatic rings. The minimum atomic E-state index is -0.886. The molecule has 3 heterocycles. The summed E-state index contributed by atoms with van der Waals surface area (Å²) in [5, 5.41) is 15.0. The fourth-order valence-corrected chi connectivity index (χ4v) is 4.79. The van der Waals surface area contributed by atoms with Gasteiger partial charge < -0.3 is 0 Å². The number of nitrogens with zero attached hydrogens (tertiary/aromatic N) is 2. The molecule has 3 nitrogen and oxygen atoms in total. The van der Waals surface area contributed by atoms with E-state index in [1.165, 1.54) is 6.07 Å². The highest BCUT2D eigenvalue weighted by atomic mass is 32.1. The van der Waals surface area contributed by atoms with E-state index in [0.717, 1.165) is 26.9 Å². The fraction of sp³-hybridized carbons (Fsp3) is 0. The second-order valence-corrected chi connectivity index (χ2v) is 7.82. The highest BCUT2D eigenvalue weighted by Crippen LogP contribution is 2.46. The number of aromatic nitrogens is 3. The van der Waals surface area contributed by atoms with Crippen LogP contribution >= 0.6 is 22.7 Å². The first-order chi connectivity index (χ1) is 13.2. The molecule has 1 N–H and O–H groups in total. The first-order valence-electron chi connectivity index (χ1n) is 8.13. The van der Waals surface area contributed by atoms with E-state index in [2.05, 4.69) is 15.4 Å². The molecule has 0 aliphatic heterocycles. The van der Waals surface area contributed by atoms with E-state index in [-0.39, 0.29) is 5.56 Å². The Morgan fingerprint density at radius 2 is 1.56 bits per heavy atom. The highest BCUT2D eigenvalue weighted by molar-refractivity contribution is 7.14. The molecule has 0 saturated carbocycles. The third-order valence-electron chi connectivity index (χ3n) is 4.39. The van der Waals surface area contributed by atoms with Crippen molar-refractivity contribution < 1.29 is 8.78 Å². The van der Waals surface area contributed by atoms with Crippen molar-refractivity contribution in [2.24, 2.45) is 0 Å². The van der Waals surface area contributed by atoms with Crippen LogP contribution in [0.5, 0.6) is 0 Å². The highest BCUT2D eigenvalue weighted by Gasteiger charge is 2.24. The molecule has 0 bridgehead atoms. The molecule has 0 unspecified atom stereocenters. The number of halogens is 2. The van der Waals surface area contributed by atoms with E-state index in [1.807, 2.05) is 41.1 Å². The molecule has 132 valence electrons. The SMILES string of the molecule is Fc1cccc(-c2c(-c3cccs3)c(-c3cccs3)cc3n[nH]nc23)c1F. The quantitative estimate of drug-likeness (QED) is 0.386. The Kier molecular flexibility index (Phi) is 3.84. The number of hydrogen-bond acceptors (Lipinski definition) is 4. The molecule has 3 aromatic heterocycles. The lowest BCUT2D eigenvalue weighted by Crippen LogP contribution is -1.95. The summed E-state index contributed by atoms with van der Waals surface area (Å²) in [7, 11) is 0. The van der Waals surface area contributed by atoms with Gasteiger partial charge in [-0.15, -0.1) is 22.7 Å². The monoisotopic (exact) mass is 395 g/mol. The number of aromatic amines is 1. The van der Waals surface area contributed by atoms with Gasteiger partial charge in [-0.3, -0.25) is 0 Å². The number of nitrogens with one attached hydrogen (secondary N) is 1. The molecule has 27 heavy (non-hydrogen) atoms. The Balaban J connectivity index is 1.98. The van der Waals surface area contributed by atoms with Crippen LogP contribution in [-0.2, 0) is 0 Å². The van der Waals surface area contributed by atoms with Crippen LogP contribution in [0.25, 0.3) is 43.0 Å². The number of hydrogen-bond donors (Lipinski definition) is 1. The molecule has 0 amide bonds. The molecule has 7 heteroatoms. The van der Waals surface area contributed by atoms with Gasteiger partial charge in [-0.1, -0.05) is 24.3 Å². The number of fused-ring (bicyclic) bond motifs is 1. The van der Waals surface area contributed by atoms with Gasteiger partial charge in [0.25, 0.3) is 0 Å². The maximum Gasteiger partial charge on any atom is 0.166 e. The molecule has 5 rings (SSSR count). The molecule has 0 atom stereocenters. The van der Waals surface area contributed by atoms with Crippen molar-refractivity contribution in [2.75, 3.05) is 0 Å². The topological polar surface area (TPSA) is 41.6 Å². The zero-order valence-electron chi connectivity index (χ0n) is 13.7. The predicted octanol–water partition coefficient (Wildman–Crippen LogP) is 6.36. The van der Waals surface area contributed by atoms with Crippen molar-refractivity contribution in [1.29, 1.82) is 0 Å². The average Bonchev–Trinajstić information content (AvgIpc) is 3.44. The van der Waals surface area contributed by atoms with Crippen LogP contribution in [0.15, 0.2) is 59.3 Å². The Morgan fingerprint density at radius 1 is 0.778 bits per heavy atom. The van der Waals surface area contributed by atoms with Crippen molar-refractivity contribution in [1.82, 2.24) is 15.4 Å². The molecule has 0 spiro atoms. The van der Waals surface area contributed by atoms with Crippen molar-refractivity contribution in [2.45, 2.75) is 0 Å². The minimum Gasteiger partial charge on any atom is -0.204 e. The van der Waals surface area contributed by atoms with Gasteiger partial charge in [0.15, 0.2) is 11.6 Å². The second-order valence-electron chi connectivity index (χ2n) is 5.92. The van der Waals surface area contributed by atoms with E-state index >= 15 is 0 Å². The normalized spacial score (nSPS) is 11.3. The summed E-state index contributed by atoms with van der Waals surface area (Å²) in [4.78, 5) is 1.99. The number of thiophene rings is 2. The van der Waals surface area contributed by atoms with Gasteiger partial charge in [0.05, 0.1) is 0 Å². The Labute approximate surface area is 160 Å². The molecule has 0 aliphatic carbocycles. The van der Waals surface area contributed by atoms with Crippen molar-refractivity contribution >= 4 is 33.7 Å². The Hall–Kier alpha value is -2.90. The van der Waals surface area contributed by atoms with Gasteiger partial charge in [0.1, 0.15) is 11.0 Å². The maximum absolute atomic E-state index is 14.8.